The lowest BCUT2D eigenvalue weighted by atomic mass is 10.3. The molecule has 0 aliphatic rings. The van der Waals surface area contributed by atoms with Crippen molar-refractivity contribution in [3.8, 4) is 0 Å². The quantitative estimate of drug-likeness (QED) is 0.779. The number of nitrogens with one attached hydrogen (secondary N) is 1. The maximum atomic E-state index is 11.9. The smallest absolute Gasteiger partial charge is 0.287 e. The van der Waals surface area contributed by atoms with Crippen molar-refractivity contribution in [1.82, 2.24) is 24.3 Å². The normalized spacial score (nSPS) is 10.9. The first-order valence-electron chi connectivity index (χ1n) is 6.33. The van der Waals surface area contributed by atoms with Gasteiger partial charge in [0, 0.05) is 31.8 Å². The lowest BCUT2D eigenvalue weighted by molar-refractivity contribution is 0.0937. The molecule has 0 unspecified atom stereocenters. The van der Waals surface area contributed by atoms with Gasteiger partial charge in [-0.05, 0) is 18.6 Å². The highest BCUT2D eigenvalue weighted by atomic mass is 16.2. The largest absolute Gasteiger partial charge is 0.344 e. The van der Waals surface area contributed by atoms with E-state index in [0.29, 0.717) is 12.4 Å². The summed E-state index contributed by atoms with van der Waals surface area (Å²) in [5.74, 6) is 0.190. The van der Waals surface area contributed by atoms with Crippen molar-refractivity contribution in [3.05, 3.63) is 54.0 Å². The summed E-state index contributed by atoms with van der Waals surface area (Å²) in [6.45, 7) is 2.41. The minimum atomic E-state index is -0.203. The van der Waals surface area contributed by atoms with Gasteiger partial charge in [-0.2, -0.15) is 0 Å². The van der Waals surface area contributed by atoms with E-state index in [2.05, 4.69) is 15.3 Å². The van der Waals surface area contributed by atoms with Gasteiger partial charge >= 0.3 is 0 Å². The standard InChI is InChI=1S/C14H15N5O/c1-10-3-4-12-17-11(9-19(12)8-10)7-16-14(20)13-15-5-6-18(13)2/h3-6,8-9H,7H2,1-2H3,(H,16,20). The second-order valence-corrected chi connectivity index (χ2v) is 4.75. The molecule has 6 heteroatoms. The number of pyridine rings is 1. The zero-order valence-corrected chi connectivity index (χ0v) is 11.4. The number of aryl methyl sites for hydroxylation is 2. The van der Waals surface area contributed by atoms with Crippen molar-refractivity contribution in [3.63, 3.8) is 0 Å². The predicted octanol–water partition coefficient (Wildman–Crippen LogP) is 1.31. The third-order valence-corrected chi connectivity index (χ3v) is 3.10. The molecule has 0 bridgehead atoms. The minimum Gasteiger partial charge on any atom is -0.344 e. The number of carbonyl (C=O) groups is 1. The van der Waals surface area contributed by atoms with Gasteiger partial charge in [0.2, 0.25) is 0 Å². The minimum absolute atomic E-state index is 0.203. The van der Waals surface area contributed by atoms with Crippen LogP contribution in [-0.4, -0.2) is 24.8 Å². The molecule has 0 aromatic carbocycles. The summed E-state index contributed by atoms with van der Waals surface area (Å²) in [5.41, 5.74) is 2.86. The Morgan fingerprint density at radius 1 is 1.35 bits per heavy atom. The SMILES string of the molecule is Cc1ccc2nc(CNC(=O)c3nccn3C)cn2c1. The highest BCUT2D eigenvalue weighted by Gasteiger charge is 2.11. The summed E-state index contributed by atoms with van der Waals surface area (Å²) in [4.78, 5) is 20.4. The zero-order chi connectivity index (χ0) is 14.1. The summed E-state index contributed by atoms with van der Waals surface area (Å²) in [5, 5.41) is 2.82. The van der Waals surface area contributed by atoms with Crippen LogP contribution in [0, 0.1) is 6.92 Å². The zero-order valence-electron chi connectivity index (χ0n) is 11.4. The highest BCUT2D eigenvalue weighted by molar-refractivity contribution is 5.90. The number of imidazole rings is 2. The number of amides is 1. The van der Waals surface area contributed by atoms with E-state index < -0.39 is 0 Å². The van der Waals surface area contributed by atoms with Crippen LogP contribution in [0.3, 0.4) is 0 Å². The second kappa shape index (κ2) is 4.80. The molecule has 1 N–H and O–H groups in total. The molecule has 0 spiro atoms. The van der Waals surface area contributed by atoms with E-state index in [1.165, 1.54) is 5.56 Å². The Morgan fingerprint density at radius 3 is 2.95 bits per heavy atom. The molecule has 3 heterocycles. The maximum Gasteiger partial charge on any atom is 0.287 e. The summed E-state index contributed by atoms with van der Waals surface area (Å²) in [7, 11) is 1.79. The van der Waals surface area contributed by atoms with Gasteiger partial charge in [-0.25, -0.2) is 9.97 Å². The van der Waals surface area contributed by atoms with Crippen molar-refractivity contribution in [2.45, 2.75) is 13.5 Å². The van der Waals surface area contributed by atoms with E-state index in [-0.39, 0.29) is 5.91 Å². The van der Waals surface area contributed by atoms with Crippen LogP contribution >= 0.6 is 0 Å². The molecule has 0 atom stereocenters. The lowest BCUT2D eigenvalue weighted by Gasteiger charge is -2.02. The van der Waals surface area contributed by atoms with E-state index in [0.717, 1.165) is 11.3 Å². The molecule has 3 aromatic rings. The lowest BCUT2D eigenvalue weighted by Crippen LogP contribution is -2.25. The number of carbonyl (C=O) groups excluding carboxylic acids is 1. The summed E-state index contributed by atoms with van der Waals surface area (Å²) < 4.78 is 3.64. The molecule has 3 aromatic heterocycles. The van der Waals surface area contributed by atoms with Crippen LogP contribution < -0.4 is 5.32 Å². The van der Waals surface area contributed by atoms with E-state index >= 15 is 0 Å². The summed E-state index contributed by atoms with van der Waals surface area (Å²) in [6, 6.07) is 3.97. The number of rotatable bonds is 3. The van der Waals surface area contributed by atoms with Crippen LogP contribution in [-0.2, 0) is 13.6 Å². The van der Waals surface area contributed by atoms with Crippen LogP contribution in [0.1, 0.15) is 21.9 Å². The molecule has 6 nitrogen and oxygen atoms in total. The Bertz CT molecular complexity index is 771. The predicted molar refractivity (Wildman–Crippen MR) is 74.3 cm³/mol. The maximum absolute atomic E-state index is 11.9. The number of fused-ring (bicyclic) bond motifs is 1. The number of hydrogen-bond acceptors (Lipinski definition) is 3. The molecule has 1 amide bonds. The van der Waals surface area contributed by atoms with Gasteiger partial charge in [0.1, 0.15) is 5.65 Å². The number of nitrogens with zero attached hydrogens (tertiary/aromatic N) is 4. The Balaban J connectivity index is 1.74. The van der Waals surface area contributed by atoms with Crippen LogP contribution in [0.15, 0.2) is 36.9 Å². The van der Waals surface area contributed by atoms with Crippen molar-refractivity contribution in [2.75, 3.05) is 0 Å². The second-order valence-electron chi connectivity index (χ2n) is 4.75. The van der Waals surface area contributed by atoms with Crippen LogP contribution in [0.25, 0.3) is 5.65 Å². The highest BCUT2D eigenvalue weighted by Crippen LogP contribution is 2.07. The first-order chi connectivity index (χ1) is 9.63. The fourth-order valence-electron chi connectivity index (χ4n) is 2.08. The molecular formula is C14H15N5O. The first kappa shape index (κ1) is 12.4. The van der Waals surface area contributed by atoms with Crippen molar-refractivity contribution in [1.29, 1.82) is 0 Å². The van der Waals surface area contributed by atoms with Gasteiger partial charge in [0.05, 0.1) is 12.2 Å². The van der Waals surface area contributed by atoms with Crippen molar-refractivity contribution < 1.29 is 4.79 Å². The van der Waals surface area contributed by atoms with Gasteiger partial charge in [-0.3, -0.25) is 4.79 Å². The third kappa shape index (κ3) is 2.27. The van der Waals surface area contributed by atoms with Crippen LogP contribution in [0.5, 0.6) is 0 Å². The molecule has 0 aliphatic carbocycles. The Labute approximate surface area is 116 Å². The summed E-state index contributed by atoms with van der Waals surface area (Å²) >= 11 is 0. The van der Waals surface area contributed by atoms with E-state index in [4.69, 9.17) is 0 Å². The Hall–Kier alpha value is -2.63. The topological polar surface area (TPSA) is 64.2 Å². The molecule has 20 heavy (non-hydrogen) atoms. The molecule has 0 saturated heterocycles. The molecule has 102 valence electrons. The molecule has 0 fully saturated rings. The van der Waals surface area contributed by atoms with Gasteiger partial charge < -0.3 is 14.3 Å². The van der Waals surface area contributed by atoms with Gasteiger partial charge in [-0.1, -0.05) is 6.07 Å². The van der Waals surface area contributed by atoms with Gasteiger partial charge in [-0.15, -0.1) is 0 Å². The van der Waals surface area contributed by atoms with E-state index in [1.54, 1.807) is 24.0 Å². The van der Waals surface area contributed by atoms with Crippen molar-refractivity contribution in [2.24, 2.45) is 7.05 Å². The molecule has 3 rings (SSSR count). The Morgan fingerprint density at radius 2 is 2.20 bits per heavy atom. The van der Waals surface area contributed by atoms with Crippen LogP contribution in [0.4, 0.5) is 0 Å². The van der Waals surface area contributed by atoms with Crippen LogP contribution in [0.2, 0.25) is 0 Å². The van der Waals surface area contributed by atoms with Crippen molar-refractivity contribution >= 4 is 11.6 Å². The van der Waals surface area contributed by atoms with E-state index in [9.17, 15) is 4.79 Å². The average molecular weight is 269 g/mol. The Kier molecular flexibility index (Phi) is 2.98. The molecule has 0 radical (unpaired) electrons. The molecule has 0 aliphatic heterocycles. The number of hydrogen-bond donors (Lipinski definition) is 1. The van der Waals surface area contributed by atoms with E-state index in [1.807, 2.05) is 35.9 Å². The number of aromatic nitrogens is 4. The first-order valence-corrected chi connectivity index (χ1v) is 6.33. The third-order valence-electron chi connectivity index (χ3n) is 3.10. The van der Waals surface area contributed by atoms with Gasteiger partial charge in [0.15, 0.2) is 5.82 Å². The summed E-state index contributed by atoms with van der Waals surface area (Å²) in [6.07, 6.45) is 7.26. The monoisotopic (exact) mass is 269 g/mol. The fourth-order valence-corrected chi connectivity index (χ4v) is 2.08. The fraction of sp³-hybridized carbons (Fsp3) is 0.214. The molecular weight excluding hydrogens is 254 g/mol. The molecule has 0 saturated carbocycles. The van der Waals surface area contributed by atoms with Gasteiger partial charge in [0.25, 0.3) is 5.91 Å². The average Bonchev–Trinajstić information content (AvgIpc) is 3.01.